The summed E-state index contributed by atoms with van der Waals surface area (Å²) in [6.07, 6.45) is -0.471. The predicted molar refractivity (Wildman–Crippen MR) is 81.0 cm³/mol. The molecule has 3 heterocycles. The molecular weight excluding hydrogens is 300 g/mol. The van der Waals surface area contributed by atoms with Crippen molar-refractivity contribution in [2.75, 3.05) is 26.9 Å². The zero-order valence-corrected chi connectivity index (χ0v) is 13.4. The zero-order chi connectivity index (χ0) is 16.4. The highest BCUT2D eigenvalue weighted by Crippen LogP contribution is 2.31. The van der Waals surface area contributed by atoms with E-state index < -0.39 is 0 Å². The van der Waals surface area contributed by atoms with Crippen molar-refractivity contribution in [3.8, 4) is 17.3 Å². The van der Waals surface area contributed by atoms with Crippen LogP contribution in [0.4, 0.5) is 0 Å². The molecule has 1 aliphatic heterocycles. The molecule has 0 unspecified atom stereocenters. The number of nitrogens with two attached hydrogens (primary N) is 1. The molecule has 2 aromatic rings. The zero-order valence-electron chi connectivity index (χ0n) is 13.4. The van der Waals surface area contributed by atoms with Gasteiger partial charge >= 0.3 is 0 Å². The van der Waals surface area contributed by atoms with E-state index in [4.69, 9.17) is 24.5 Å². The minimum absolute atomic E-state index is 0.0859. The number of hydrogen-bond donors (Lipinski definition) is 1. The molecule has 0 aliphatic carbocycles. The van der Waals surface area contributed by atoms with Gasteiger partial charge in [-0.2, -0.15) is 4.98 Å². The van der Waals surface area contributed by atoms with E-state index in [9.17, 15) is 0 Å². The lowest BCUT2D eigenvalue weighted by Gasteiger charge is -2.26. The van der Waals surface area contributed by atoms with Crippen LogP contribution in [0.5, 0.6) is 5.88 Å². The molecule has 0 bridgehead atoms. The monoisotopic (exact) mass is 320 g/mol. The van der Waals surface area contributed by atoms with E-state index in [1.807, 2.05) is 19.9 Å². The first-order valence-electron chi connectivity index (χ1n) is 7.41. The quantitative estimate of drug-likeness (QED) is 0.895. The lowest BCUT2D eigenvalue weighted by Crippen LogP contribution is -2.36. The number of rotatable bonds is 4. The van der Waals surface area contributed by atoms with Gasteiger partial charge in [0.25, 0.3) is 5.89 Å². The lowest BCUT2D eigenvalue weighted by atomic mass is 10.1. The van der Waals surface area contributed by atoms with Gasteiger partial charge < -0.3 is 24.5 Å². The number of pyridine rings is 1. The molecule has 0 amide bonds. The maximum absolute atomic E-state index is 5.67. The van der Waals surface area contributed by atoms with Crippen LogP contribution in [0.3, 0.4) is 0 Å². The highest BCUT2D eigenvalue weighted by Gasteiger charge is 2.28. The predicted octanol–water partition coefficient (Wildman–Crippen LogP) is 1.17. The fraction of sp³-hybridized carbons (Fsp3) is 0.533. The Hall–Kier alpha value is -2.03. The van der Waals surface area contributed by atoms with E-state index in [2.05, 4.69) is 15.1 Å². The van der Waals surface area contributed by atoms with Crippen molar-refractivity contribution in [1.29, 1.82) is 0 Å². The fourth-order valence-corrected chi connectivity index (χ4v) is 2.51. The second-order valence-electron chi connectivity index (χ2n) is 5.43. The standard InChI is InChI=1S/C15H20N4O4/c1-8-4-9(2)17-15(20-3)12(8)13-18-14(23-19-13)11-7-21-10(5-16)6-22-11/h4,10-11H,5-7,16H2,1-3H3/t10-,11-/m0/s1. The van der Waals surface area contributed by atoms with Gasteiger partial charge in [0, 0.05) is 12.2 Å². The Morgan fingerprint density at radius 1 is 1.26 bits per heavy atom. The van der Waals surface area contributed by atoms with Crippen molar-refractivity contribution in [3.63, 3.8) is 0 Å². The molecule has 8 nitrogen and oxygen atoms in total. The molecule has 1 fully saturated rings. The van der Waals surface area contributed by atoms with Gasteiger partial charge in [0.1, 0.15) is 0 Å². The number of methoxy groups -OCH3 is 1. The van der Waals surface area contributed by atoms with Gasteiger partial charge in [0.15, 0.2) is 6.10 Å². The summed E-state index contributed by atoms with van der Waals surface area (Å²) < 4.78 is 21.9. The third-order valence-corrected chi connectivity index (χ3v) is 3.68. The van der Waals surface area contributed by atoms with Crippen LogP contribution in [0.1, 0.15) is 23.3 Å². The molecular formula is C15H20N4O4. The second-order valence-corrected chi connectivity index (χ2v) is 5.43. The molecule has 0 saturated carbocycles. The van der Waals surface area contributed by atoms with Crippen molar-refractivity contribution in [1.82, 2.24) is 15.1 Å². The van der Waals surface area contributed by atoms with Gasteiger partial charge in [-0.25, -0.2) is 4.98 Å². The van der Waals surface area contributed by atoms with Gasteiger partial charge in [-0.1, -0.05) is 5.16 Å². The summed E-state index contributed by atoms with van der Waals surface area (Å²) in [5.41, 5.74) is 8.09. The normalized spacial score (nSPS) is 21.4. The van der Waals surface area contributed by atoms with Crippen LogP contribution >= 0.6 is 0 Å². The smallest absolute Gasteiger partial charge is 0.258 e. The number of hydrogen-bond acceptors (Lipinski definition) is 8. The summed E-state index contributed by atoms with van der Waals surface area (Å²) in [6.45, 7) is 5.03. The summed E-state index contributed by atoms with van der Waals surface area (Å²) >= 11 is 0. The van der Waals surface area contributed by atoms with E-state index in [1.54, 1.807) is 7.11 Å². The SMILES string of the molecule is COc1nc(C)cc(C)c1-c1noc([C@@H]2CO[C@@H](CN)CO2)n1. The van der Waals surface area contributed by atoms with Gasteiger partial charge in [0.2, 0.25) is 11.7 Å². The number of nitrogens with zero attached hydrogens (tertiary/aromatic N) is 3. The Bertz CT molecular complexity index is 680. The first-order valence-corrected chi connectivity index (χ1v) is 7.41. The van der Waals surface area contributed by atoms with Crippen molar-refractivity contribution >= 4 is 0 Å². The first-order chi connectivity index (χ1) is 11.1. The van der Waals surface area contributed by atoms with Crippen LogP contribution < -0.4 is 10.5 Å². The third-order valence-electron chi connectivity index (χ3n) is 3.68. The average Bonchev–Trinajstić information content (AvgIpc) is 3.03. The lowest BCUT2D eigenvalue weighted by molar-refractivity contribution is -0.139. The van der Waals surface area contributed by atoms with E-state index >= 15 is 0 Å². The van der Waals surface area contributed by atoms with Crippen LogP contribution in [0.15, 0.2) is 10.6 Å². The van der Waals surface area contributed by atoms with Crippen molar-refractivity contribution in [2.24, 2.45) is 5.73 Å². The van der Waals surface area contributed by atoms with Crippen molar-refractivity contribution in [2.45, 2.75) is 26.1 Å². The van der Waals surface area contributed by atoms with E-state index in [0.29, 0.717) is 42.9 Å². The summed E-state index contributed by atoms with van der Waals surface area (Å²) in [4.78, 5) is 8.78. The van der Waals surface area contributed by atoms with Crippen LogP contribution in [0.25, 0.3) is 11.4 Å². The Balaban J connectivity index is 1.85. The molecule has 0 aromatic carbocycles. The molecule has 3 rings (SSSR count). The molecule has 2 atom stereocenters. The van der Waals surface area contributed by atoms with Gasteiger partial charge in [0.05, 0.1) is 32.0 Å². The Kier molecular flexibility index (Phi) is 4.56. The third kappa shape index (κ3) is 3.19. The van der Waals surface area contributed by atoms with Gasteiger partial charge in [-0.3, -0.25) is 0 Å². The highest BCUT2D eigenvalue weighted by atomic mass is 16.6. The number of ether oxygens (including phenoxy) is 3. The van der Waals surface area contributed by atoms with Gasteiger partial charge in [-0.15, -0.1) is 0 Å². The molecule has 0 spiro atoms. The molecule has 0 radical (unpaired) electrons. The molecule has 2 aromatic heterocycles. The van der Waals surface area contributed by atoms with Gasteiger partial charge in [-0.05, 0) is 25.5 Å². The topological polar surface area (TPSA) is 106 Å². The summed E-state index contributed by atoms with van der Waals surface area (Å²) in [5, 5.41) is 4.03. The Labute approximate surface area is 133 Å². The minimum atomic E-state index is -0.385. The maximum Gasteiger partial charge on any atom is 0.258 e. The molecule has 2 N–H and O–H groups in total. The molecule has 23 heavy (non-hydrogen) atoms. The summed E-state index contributed by atoms with van der Waals surface area (Å²) in [7, 11) is 1.57. The van der Waals surface area contributed by atoms with Crippen LogP contribution in [-0.4, -0.2) is 48.1 Å². The number of aryl methyl sites for hydroxylation is 2. The Morgan fingerprint density at radius 2 is 2.09 bits per heavy atom. The summed E-state index contributed by atoms with van der Waals surface area (Å²) in [5.74, 6) is 1.27. The summed E-state index contributed by atoms with van der Waals surface area (Å²) in [6, 6.07) is 1.94. The van der Waals surface area contributed by atoms with Crippen molar-refractivity contribution < 1.29 is 18.7 Å². The van der Waals surface area contributed by atoms with Crippen molar-refractivity contribution in [3.05, 3.63) is 23.2 Å². The average molecular weight is 320 g/mol. The van der Waals surface area contributed by atoms with E-state index in [0.717, 1.165) is 11.3 Å². The molecule has 124 valence electrons. The fourth-order valence-electron chi connectivity index (χ4n) is 2.51. The van der Waals surface area contributed by atoms with E-state index in [-0.39, 0.29) is 12.2 Å². The maximum atomic E-state index is 5.67. The highest BCUT2D eigenvalue weighted by molar-refractivity contribution is 5.65. The Morgan fingerprint density at radius 3 is 2.74 bits per heavy atom. The van der Waals surface area contributed by atoms with Crippen LogP contribution in [0, 0.1) is 13.8 Å². The molecule has 1 saturated heterocycles. The molecule has 8 heteroatoms. The van der Waals surface area contributed by atoms with E-state index in [1.165, 1.54) is 0 Å². The minimum Gasteiger partial charge on any atom is -0.480 e. The molecule has 1 aliphatic rings. The number of aromatic nitrogens is 3. The second kappa shape index (κ2) is 6.61. The van der Waals surface area contributed by atoms with Crippen LogP contribution in [0.2, 0.25) is 0 Å². The van der Waals surface area contributed by atoms with Crippen LogP contribution in [-0.2, 0) is 9.47 Å². The largest absolute Gasteiger partial charge is 0.480 e. The first kappa shape index (κ1) is 15.9.